The predicted molar refractivity (Wildman–Crippen MR) is 79.4 cm³/mol. The summed E-state index contributed by atoms with van der Waals surface area (Å²) in [6, 6.07) is 1.36. The molecule has 7 heteroatoms. The SMILES string of the molecule is CCC1(C)CCN(C(=O)c2ccnc(Cl)c2[N+](=O)[O-])CC1. The number of piperidine rings is 1. The van der Waals surface area contributed by atoms with E-state index in [-0.39, 0.29) is 22.0 Å². The quantitative estimate of drug-likeness (QED) is 0.487. The van der Waals surface area contributed by atoms with Crippen molar-refractivity contribution in [2.45, 2.75) is 33.1 Å². The number of amides is 1. The Morgan fingerprint density at radius 3 is 2.67 bits per heavy atom. The number of aromatic nitrogens is 1. The van der Waals surface area contributed by atoms with Gasteiger partial charge in [-0.15, -0.1) is 0 Å². The molecule has 2 heterocycles. The third-order valence-corrected chi connectivity index (χ3v) is 4.68. The number of nitro groups is 1. The largest absolute Gasteiger partial charge is 0.338 e. The number of rotatable bonds is 3. The molecule has 1 aliphatic heterocycles. The lowest BCUT2D eigenvalue weighted by molar-refractivity contribution is -0.385. The second kappa shape index (κ2) is 5.97. The van der Waals surface area contributed by atoms with Gasteiger partial charge in [0.15, 0.2) is 0 Å². The Labute approximate surface area is 128 Å². The van der Waals surface area contributed by atoms with Crippen molar-refractivity contribution in [3.05, 3.63) is 33.1 Å². The molecule has 2 rings (SSSR count). The highest BCUT2D eigenvalue weighted by Gasteiger charge is 2.33. The van der Waals surface area contributed by atoms with Crippen LogP contribution in [0.15, 0.2) is 12.3 Å². The van der Waals surface area contributed by atoms with Crippen LogP contribution in [0.5, 0.6) is 0 Å². The van der Waals surface area contributed by atoms with E-state index in [4.69, 9.17) is 11.6 Å². The molecule has 1 aromatic rings. The van der Waals surface area contributed by atoms with Crippen LogP contribution in [0.1, 0.15) is 43.5 Å². The molecule has 0 bridgehead atoms. The zero-order valence-corrected chi connectivity index (χ0v) is 12.9. The number of pyridine rings is 1. The van der Waals surface area contributed by atoms with Gasteiger partial charge in [-0.3, -0.25) is 14.9 Å². The summed E-state index contributed by atoms with van der Waals surface area (Å²) in [6.45, 7) is 5.58. The first-order valence-corrected chi connectivity index (χ1v) is 7.34. The summed E-state index contributed by atoms with van der Waals surface area (Å²) < 4.78 is 0. The van der Waals surface area contributed by atoms with E-state index in [2.05, 4.69) is 18.8 Å². The Bertz CT molecular complexity index is 569. The molecule has 1 aromatic heterocycles. The van der Waals surface area contributed by atoms with E-state index in [1.807, 2.05) is 0 Å². The zero-order chi connectivity index (χ0) is 15.6. The summed E-state index contributed by atoms with van der Waals surface area (Å²) in [5.74, 6) is -0.343. The lowest BCUT2D eigenvalue weighted by Crippen LogP contribution is -2.42. The molecule has 1 amide bonds. The number of carbonyl (C=O) groups is 1. The summed E-state index contributed by atoms with van der Waals surface area (Å²) >= 11 is 5.75. The minimum absolute atomic E-state index is 0.0140. The van der Waals surface area contributed by atoms with Crippen molar-refractivity contribution >= 4 is 23.2 Å². The van der Waals surface area contributed by atoms with Crippen LogP contribution in [0.3, 0.4) is 0 Å². The maximum Gasteiger partial charge on any atom is 0.319 e. The van der Waals surface area contributed by atoms with Gasteiger partial charge in [0.05, 0.1) is 4.92 Å². The van der Waals surface area contributed by atoms with Crippen LogP contribution in [-0.2, 0) is 0 Å². The molecule has 0 radical (unpaired) electrons. The first-order valence-electron chi connectivity index (χ1n) is 6.96. The second-order valence-corrected chi connectivity index (χ2v) is 6.07. The molecule has 0 spiro atoms. The molecular formula is C14H18ClN3O3. The number of nitrogens with zero attached hydrogens (tertiary/aromatic N) is 3. The van der Waals surface area contributed by atoms with Crippen LogP contribution in [0.2, 0.25) is 5.15 Å². The Kier molecular flexibility index (Phi) is 4.46. The van der Waals surface area contributed by atoms with Gasteiger partial charge in [0, 0.05) is 19.3 Å². The van der Waals surface area contributed by atoms with Crippen LogP contribution >= 0.6 is 11.6 Å². The van der Waals surface area contributed by atoms with Crippen molar-refractivity contribution in [3.8, 4) is 0 Å². The monoisotopic (exact) mass is 311 g/mol. The van der Waals surface area contributed by atoms with E-state index in [9.17, 15) is 14.9 Å². The van der Waals surface area contributed by atoms with Gasteiger partial charge in [0.1, 0.15) is 5.56 Å². The molecule has 0 unspecified atom stereocenters. The number of carbonyl (C=O) groups excluding carboxylic acids is 1. The normalized spacial score (nSPS) is 17.6. The van der Waals surface area contributed by atoms with Gasteiger partial charge < -0.3 is 4.90 Å². The fourth-order valence-corrected chi connectivity index (χ4v) is 2.78. The van der Waals surface area contributed by atoms with Crippen molar-refractivity contribution in [2.24, 2.45) is 5.41 Å². The highest BCUT2D eigenvalue weighted by Crippen LogP contribution is 2.35. The number of halogens is 1. The third kappa shape index (κ3) is 3.15. The Hall–Kier alpha value is -1.69. The van der Waals surface area contributed by atoms with E-state index in [1.54, 1.807) is 4.90 Å². The van der Waals surface area contributed by atoms with Gasteiger partial charge in [0.25, 0.3) is 5.91 Å². The molecule has 21 heavy (non-hydrogen) atoms. The number of hydrogen-bond donors (Lipinski definition) is 0. The van der Waals surface area contributed by atoms with Gasteiger partial charge in [-0.25, -0.2) is 4.98 Å². The standard InChI is InChI=1S/C14H18ClN3O3/c1-3-14(2)5-8-17(9-6-14)13(19)10-4-7-16-12(15)11(10)18(20)21/h4,7H,3,5-6,8-9H2,1-2H3. The van der Waals surface area contributed by atoms with Crippen molar-refractivity contribution in [1.29, 1.82) is 0 Å². The van der Waals surface area contributed by atoms with E-state index in [0.717, 1.165) is 19.3 Å². The van der Waals surface area contributed by atoms with Gasteiger partial charge in [0.2, 0.25) is 5.15 Å². The maximum absolute atomic E-state index is 12.5. The number of likely N-dealkylation sites (tertiary alicyclic amines) is 1. The van der Waals surface area contributed by atoms with Gasteiger partial charge >= 0.3 is 5.69 Å². The molecule has 1 saturated heterocycles. The van der Waals surface area contributed by atoms with E-state index < -0.39 is 10.6 Å². The summed E-state index contributed by atoms with van der Waals surface area (Å²) in [5.41, 5.74) is -0.147. The molecule has 0 aromatic carbocycles. The highest BCUT2D eigenvalue weighted by molar-refractivity contribution is 6.32. The van der Waals surface area contributed by atoms with Crippen molar-refractivity contribution in [2.75, 3.05) is 13.1 Å². The first kappa shape index (κ1) is 15.7. The smallest absolute Gasteiger partial charge is 0.319 e. The molecule has 6 nitrogen and oxygen atoms in total. The van der Waals surface area contributed by atoms with Gasteiger partial charge in [-0.1, -0.05) is 31.9 Å². The van der Waals surface area contributed by atoms with Crippen molar-refractivity contribution < 1.29 is 9.72 Å². The van der Waals surface area contributed by atoms with Gasteiger partial charge in [-0.2, -0.15) is 0 Å². The molecule has 1 aliphatic rings. The molecular weight excluding hydrogens is 294 g/mol. The zero-order valence-electron chi connectivity index (χ0n) is 12.1. The van der Waals surface area contributed by atoms with Gasteiger partial charge in [-0.05, 0) is 24.3 Å². The molecule has 0 N–H and O–H groups in total. The first-order chi connectivity index (χ1) is 9.88. The summed E-state index contributed by atoms with van der Waals surface area (Å²) in [4.78, 5) is 28.3. The Balaban J connectivity index is 2.23. The fourth-order valence-electron chi connectivity index (χ4n) is 2.55. The highest BCUT2D eigenvalue weighted by atomic mass is 35.5. The Morgan fingerprint density at radius 1 is 1.52 bits per heavy atom. The van der Waals surface area contributed by atoms with Crippen LogP contribution < -0.4 is 0 Å². The summed E-state index contributed by atoms with van der Waals surface area (Å²) in [6.07, 6.45) is 4.20. The lowest BCUT2D eigenvalue weighted by Gasteiger charge is -2.38. The van der Waals surface area contributed by atoms with Crippen molar-refractivity contribution in [3.63, 3.8) is 0 Å². The summed E-state index contributed by atoms with van der Waals surface area (Å²) in [7, 11) is 0. The third-order valence-electron chi connectivity index (χ3n) is 4.40. The number of hydrogen-bond acceptors (Lipinski definition) is 4. The summed E-state index contributed by atoms with van der Waals surface area (Å²) in [5, 5.41) is 10.8. The molecule has 0 saturated carbocycles. The lowest BCUT2D eigenvalue weighted by atomic mass is 9.78. The average Bonchev–Trinajstić information content (AvgIpc) is 2.46. The van der Waals surface area contributed by atoms with E-state index in [1.165, 1.54) is 12.3 Å². The van der Waals surface area contributed by atoms with E-state index >= 15 is 0 Å². The van der Waals surface area contributed by atoms with Crippen LogP contribution in [0, 0.1) is 15.5 Å². The molecule has 0 aliphatic carbocycles. The minimum Gasteiger partial charge on any atom is -0.338 e. The van der Waals surface area contributed by atoms with Crippen LogP contribution in [0.4, 0.5) is 5.69 Å². The molecule has 0 atom stereocenters. The molecule has 114 valence electrons. The molecule has 1 fully saturated rings. The Morgan fingerprint density at radius 2 is 2.14 bits per heavy atom. The van der Waals surface area contributed by atoms with Crippen LogP contribution in [-0.4, -0.2) is 33.8 Å². The minimum atomic E-state index is -0.650. The maximum atomic E-state index is 12.5. The average molecular weight is 312 g/mol. The second-order valence-electron chi connectivity index (χ2n) is 5.71. The van der Waals surface area contributed by atoms with Crippen molar-refractivity contribution in [1.82, 2.24) is 9.88 Å². The topological polar surface area (TPSA) is 76.3 Å². The van der Waals surface area contributed by atoms with E-state index in [0.29, 0.717) is 13.1 Å². The predicted octanol–water partition coefficient (Wildman–Crippen LogP) is 3.30. The van der Waals surface area contributed by atoms with Crippen LogP contribution in [0.25, 0.3) is 0 Å². The fraction of sp³-hybridized carbons (Fsp3) is 0.571.